The summed E-state index contributed by atoms with van der Waals surface area (Å²) in [4.78, 5) is 9.39. The summed E-state index contributed by atoms with van der Waals surface area (Å²) in [7, 11) is -3.98. The second-order valence-electron chi connectivity index (χ2n) is 8.32. The smallest absolute Gasteiger partial charge is 0.265 e. The SMILES string of the molecule is O=S(=O)(O)CCc1ccc(Nc2ncc3c(n2)-c2ccccc2[C@H](c2ccc(Br)cc2)C3)cc1. The Balaban J connectivity index is 1.40. The molecule has 34 heavy (non-hydrogen) atoms. The van der Waals surface area contributed by atoms with Gasteiger partial charge in [0.1, 0.15) is 0 Å². The van der Waals surface area contributed by atoms with Crippen molar-refractivity contribution in [2.24, 2.45) is 0 Å². The van der Waals surface area contributed by atoms with E-state index in [1.807, 2.05) is 36.5 Å². The molecular formula is C26H22BrN3O3S. The molecule has 6 nitrogen and oxygen atoms in total. The number of benzene rings is 3. The molecular weight excluding hydrogens is 514 g/mol. The summed E-state index contributed by atoms with van der Waals surface area (Å²) in [5.41, 5.74) is 7.30. The van der Waals surface area contributed by atoms with Crippen molar-refractivity contribution in [1.29, 1.82) is 0 Å². The first-order valence-electron chi connectivity index (χ1n) is 10.9. The van der Waals surface area contributed by atoms with E-state index in [4.69, 9.17) is 9.54 Å². The maximum Gasteiger partial charge on any atom is 0.265 e. The zero-order valence-corrected chi connectivity index (χ0v) is 20.6. The van der Waals surface area contributed by atoms with E-state index in [0.717, 1.165) is 39.0 Å². The van der Waals surface area contributed by atoms with E-state index in [1.165, 1.54) is 11.1 Å². The average Bonchev–Trinajstić information content (AvgIpc) is 2.83. The molecule has 0 saturated carbocycles. The molecule has 1 heterocycles. The lowest BCUT2D eigenvalue weighted by molar-refractivity contribution is 0.482. The molecule has 172 valence electrons. The summed E-state index contributed by atoms with van der Waals surface area (Å²) in [5, 5.41) is 3.24. The number of anilines is 2. The van der Waals surface area contributed by atoms with E-state index in [1.54, 1.807) is 0 Å². The van der Waals surface area contributed by atoms with Crippen LogP contribution in [0.3, 0.4) is 0 Å². The fraction of sp³-hybridized carbons (Fsp3) is 0.154. The van der Waals surface area contributed by atoms with Gasteiger partial charge in [0, 0.05) is 27.8 Å². The molecule has 0 spiro atoms. The first-order chi connectivity index (χ1) is 16.4. The molecule has 0 aliphatic heterocycles. The summed E-state index contributed by atoms with van der Waals surface area (Å²) < 4.78 is 31.9. The Bertz CT molecular complexity index is 1440. The third kappa shape index (κ3) is 5.04. The Morgan fingerprint density at radius 1 is 1.00 bits per heavy atom. The van der Waals surface area contributed by atoms with Crippen molar-refractivity contribution in [3.63, 3.8) is 0 Å². The van der Waals surface area contributed by atoms with Gasteiger partial charge in [-0.15, -0.1) is 0 Å². The van der Waals surface area contributed by atoms with Crippen LogP contribution < -0.4 is 5.32 Å². The quantitative estimate of drug-likeness (QED) is 0.304. The van der Waals surface area contributed by atoms with Crippen LogP contribution in [0, 0.1) is 0 Å². The Morgan fingerprint density at radius 2 is 1.74 bits per heavy atom. The van der Waals surface area contributed by atoms with Gasteiger partial charge in [0.2, 0.25) is 5.95 Å². The van der Waals surface area contributed by atoms with Crippen LogP contribution in [0.25, 0.3) is 11.3 Å². The Hall–Kier alpha value is -3.07. The maximum absolute atomic E-state index is 11.0. The second kappa shape index (κ2) is 9.29. The largest absolute Gasteiger partial charge is 0.324 e. The molecule has 1 aliphatic rings. The standard InChI is InChI=1S/C26H22BrN3O3S/c27-20-9-7-18(8-10-20)24-15-19-16-28-26(30-25(19)23-4-2-1-3-22(23)24)29-21-11-5-17(6-12-21)13-14-34(31,32)33/h1-12,16,24H,13-15H2,(H,28,29,30)(H,31,32,33)/t24-/m0/s1. The normalized spacial score (nSPS) is 14.8. The van der Waals surface area contributed by atoms with E-state index in [9.17, 15) is 8.42 Å². The zero-order chi connectivity index (χ0) is 23.7. The van der Waals surface area contributed by atoms with Crippen LogP contribution in [0.5, 0.6) is 0 Å². The molecule has 2 N–H and O–H groups in total. The van der Waals surface area contributed by atoms with Crippen molar-refractivity contribution in [3.8, 4) is 11.3 Å². The number of nitrogens with one attached hydrogen (secondary N) is 1. The Labute approximate surface area is 207 Å². The van der Waals surface area contributed by atoms with E-state index in [0.29, 0.717) is 5.95 Å². The molecule has 1 atom stereocenters. The highest BCUT2D eigenvalue weighted by Gasteiger charge is 2.27. The molecule has 5 rings (SSSR count). The predicted molar refractivity (Wildman–Crippen MR) is 137 cm³/mol. The molecule has 3 aromatic carbocycles. The summed E-state index contributed by atoms with van der Waals surface area (Å²) >= 11 is 3.52. The van der Waals surface area contributed by atoms with Crippen LogP contribution in [-0.4, -0.2) is 28.7 Å². The first kappa shape index (κ1) is 22.7. The van der Waals surface area contributed by atoms with Crippen molar-refractivity contribution in [2.75, 3.05) is 11.1 Å². The van der Waals surface area contributed by atoms with Gasteiger partial charge in [0.25, 0.3) is 10.1 Å². The highest BCUT2D eigenvalue weighted by Crippen LogP contribution is 2.42. The number of aromatic nitrogens is 2. The molecule has 1 aliphatic carbocycles. The van der Waals surface area contributed by atoms with E-state index in [-0.39, 0.29) is 18.1 Å². The monoisotopic (exact) mass is 535 g/mol. The molecule has 1 aromatic heterocycles. The lowest BCUT2D eigenvalue weighted by atomic mass is 9.78. The van der Waals surface area contributed by atoms with Crippen molar-refractivity contribution >= 4 is 37.7 Å². The van der Waals surface area contributed by atoms with E-state index in [2.05, 4.69) is 68.7 Å². The minimum atomic E-state index is -3.98. The Morgan fingerprint density at radius 3 is 2.47 bits per heavy atom. The molecule has 0 unspecified atom stereocenters. The highest BCUT2D eigenvalue weighted by atomic mass is 79.9. The summed E-state index contributed by atoms with van der Waals surface area (Å²) in [6, 6.07) is 24.2. The van der Waals surface area contributed by atoms with Gasteiger partial charge >= 0.3 is 0 Å². The average molecular weight is 536 g/mol. The van der Waals surface area contributed by atoms with Crippen molar-refractivity contribution in [1.82, 2.24) is 9.97 Å². The lowest BCUT2D eigenvalue weighted by Crippen LogP contribution is -2.15. The van der Waals surface area contributed by atoms with Gasteiger partial charge in [-0.3, -0.25) is 4.55 Å². The van der Waals surface area contributed by atoms with Gasteiger partial charge in [-0.05, 0) is 59.4 Å². The van der Waals surface area contributed by atoms with E-state index >= 15 is 0 Å². The summed E-state index contributed by atoms with van der Waals surface area (Å²) in [6.07, 6.45) is 2.98. The minimum absolute atomic E-state index is 0.245. The number of hydrogen-bond donors (Lipinski definition) is 2. The van der Waals surface area contributed by atoms with Crippen LogP contribution in [0.2, 0.25) is 0 Å². The van der Waals surface area contributed by atoms with Crippen LogP contribution >= 0.6 is 15.9 Å². The number of fused-ring (bicyclic) bond motifs is 3. The number of hydrogen-bond acceptors (Lipinski definition) is 5. The molecule has 0 bridgehead atoms. The van der Waals surface area contributed by atoms with Crippen LogP contribution in [0.1, 0.15) is 28.2 Å². The highest BCUT2D eigenvalue weighted by molar-refractivity contribution is 9.10. The summed E-state index contributed by atoms with van der Waals surface area (Å²) in [5.74, 6) is 0.449. The van der Waals surface area contributed by atoms with Gasteiger partial charge in [0.15, 0.2) is 0 Å². The van der Waals surface area contributed by atoms with Gasteiger partial charge in [-0.1, -0.05) is 64.5 Å². The third-order valence-electron chi connectivity index (χ3n) is 6.01. The van der Waals surface area contributed by atoms with Crippen molar-refractivity contribution in [3.05, 3.63) is 106 Å². The van der Waals surface area contributed by atoms with Gasteiger partial charge in [-0.2, -0.15) is 8.42 Å². The fourth-order valence-corrected chi connectivity index (χ4v) is 5.08. The molecule has 4 aromatic rings. The van der Waals surface area contributed by atoms with Crippen molar-refractivity contribution < 1.29 is 13.0 Å². The molecule has 0 saturated heterocycles. The summed E-state index contributed by atoms with van der Waals surface area (Å²) in [6.45, 7) is 0. The number of aryl methyl sites for hydroxylation is 1. The second-order valence-corrected chi connectivity index (χ2v) is 10.8. The molecule has 0 amide bonds. The van der Waals surface area contributed by atoms with Crippen molar-refractivity contribution in [2.45, 2.75) is 18.8 Å². The van der Waals surface area contributed by atoms with Crippen LogP contribution in [0.15, 0.2) is 83.5 Å². The Kier molecular flexibility index (Phi) is 6.20. The zero-order valence-electron chi connectivity index (χ0n) is 18.1. The topological polar surface area (TPSA) is 92.2 Å². The predicted octanol–water partition coefficient (Wildman–Crippen LogP) is 5.77. The fourth-order valence-electron chi connectivity index (χ4n) is 4.32. The molecule has 8 heteroatoms. The first-order valence-corrected chi connectivity index (χ1v) is 13.3. The maximum atomic E-state index is 11.0. The number of nitrogens with zero attached hydrogens (tertiary/aromatic N) is 2. The number of rotatable bonds is 6. The third-order valence-corrected chi connectivity index (χ3v) is 7.26. The van der Waals surface area contributed by atoms with Gasteiger partial charge in [0.05, 0.1) is 11.4 Å². The minimum Gasteiger partial charge on any atom is -0.324 e. The van der Waals surface area contributed by atoms with Gasteiger partial charge < -0.3 is 5.32 Å². The van der Waals surface area contributed by atoms with E-state index < -0.39 is 10.1 Å². The lowest BCUT2D eigenvalue weighted by Gasteiger charge is -2.27. The molecule has 0 radical (unpaired) electrons. The van der Waals surface area contributed by atoms with Crippen LogP contribution in [-0.2, 0) is 23.0 Å². The van der Waals surface area contributed by atoms with Crippen LogP contribution in [0.4, 0.5) is 11.6 Å². The number of halogens is 1. The van der Waals surface area contributed by atoms with Gasteiger partial charge in [-0.25, -0.2) is 9.97 Å². The molecule has 0 fully saturated rings.